The summed E-state index contributed by atoms with van der Waals surface area (Å²) >= 11 is 0. The van der Waals surface area contributed by atoms with Crippen LogP contribution in [0.15, 0.2) is 0 Å². The molecule has 2 rings (SSSR count). The topological polar surface area (TPSA) is 66.0 Å². The number of unbranched alkanes of at least 4 members (excludes halogenated alkanes) is 3. The van der Waals surface area contributed by atoms with Crippen molar-refractivity contribution in [2.24, 2.45) is 0 Å². The fourth-order valence-corrected chi connectivity index (χ4v) is 3.93. The Kier molecular flexibility index (Phi) is 7.94. The van der Waals surface area contributed by atoms with E-state index in [2.05, 4.69) is 12.1 Å². The highest BCUT2D eigenvalue weighted by Crippen LogP contribution is 2.16. The number of nitriles is 2. The molecule has 2 saturated heterocycles. The first-order valence-electron chi connectivity index (χ1n) is 9.34. The molecule has 0 N–H and O–H groups in total. The zero-order valence-corrected chi connectivity index (χ0v) is 14.9. The molecule has 2 fully saturated rings. The Hall–Kier alpha value is -1.18. The van der Waals surface area contributed by atoms with E-state index in [1.165, 1.54) is 25.7 Å². The summed E-state index contributed by atoms with van der Waals surface area (Å²) in [5.41, 5.74) is 0. The van der Waals surface area contributed by atoms with Crippen LogP contribution in [0.3, 0.4) is 0 Å². The summed E-state index contributed by atoms with van der Waals surface area (Å²) in [6.45, 7) is 10.5. The molecule has 6 heteroatoms. The van der Waals surface area contributed by atoms with Crippen molar-refractivity contribution >= 4 is 0 Å². The Bertz CT molecular complexity index is 401. The minimum absolute atomic E-state index is 0.617. The van der Waals surface area contributed by atoms with E-state index < -0.39 is 0 Å². The summed E-state index contributed by atoms with van der Waals surface area (Å²) in [4.78, 5) is 0. The summed E-state index contributed by atoms with van der Waals surface area (Å²) in [5, 5.41) is 18.2. The summed E-state index contributed by atoms with van der Waals surface area (Å²) in [7, 11) is 0. The molecule has 0 atom stereocenters. The molecular weight excluding hydrogens is 304 g/mol. The molecular formula is C18H32N4O2+2. The average Bonchev–Trinajstić information content (AvgIpc) is 2.60. The van der Waals surface area contributed by atoms with E-state index in [4.69, 9.17) is 20.0 Å². The van der Waals surface area contributed by atoms with E-state index in [1.807, 2.05) is 0 Å². The third-order valence-corrected chi connectivity index (χ3v) is 5.67. The van der Waals surface area contributed by atoms with Crippen LogP contribution < -0.4 is 0 Å². The maximum absolute atomic E-state index is 9.10. The average molecular weight is 336 g/mol. The van der Waals surface area contributed by atoms with E-state index >= 15 is 0 Å². The third kappa shape index (κ3) is 5.72. The van der Waals surface area contributed by atoms with Gasteiger partial charge in [-0.2, -0.15) is 10.5 Å². The van der Waals surface area contributed by atoms with Crippen molar-refractivity contribution in [2.45, 2.75) is 25.7 Å². The van der Waals surface area contributed by atoms with Crippen molar-refractivity contribution < 1.29 is 18.4 Å². The van der Waals surface area contributed by atoms with Crippen LogP contribution in [0.4, 0.5) is 0 Å². The molecule has 2 aliphatic rings. The highest BCUT2D eigenvalue weighted by atomic mass is 16.5. The number of quaternary nitrogens is 2. The molecule has 2 heterocycles. The van der Waals surface area contributed by atoms with Gasteiger partial charge in [-0.1, -0.05) is 0 Å². The Morgan fingerprint density at radius 3 is 1.33 bits per heavy atom. The van der Waals surface area contributed by atoms with Gasteiger partial charge in [0, 0.05) is 0 Å². The molecule has 0 aromatic heterocycles. The SMILES string of the molecule is N#CC[N+]1(CCCCCC[N+]2(CC#N)CCOCC2)CCOCC1. The monoisotopic (exact) mass is 336 g/mol. The summed E-state index contributed by atoms with van der Waals surface area (Å²) < 4.78 is 12.7. The predicted molar refractivity (Wildman–Crippen MR) is 90.8 cm³/mol. The van der Waals surface area contributed by atoms with Crippen molar-refractivity contribution in [2.75, 3.05) is 78.8 Å². The van der Waals surface area contributed by atoms with Gasteiger partial charge in [-0.05, 0) is 25.7 Å². The van der Waals surface area contributed by atoms with Gasteiger partial charge in [-0.25, -0.2) is 0 Å². The van der Waals surface area contributed by atoms with Crippen LogP contribution >= 0.6 is 0 Å². The third-order valence-electron chi connectivity index (χ3n) is 5.67. The van der Waals surface area contributed by atoms with Gasteiger partial charge in [0.1, 0.15) is 38.3 Å². The lowest BCUT2D eigenvalue weighted by Crippen LogP contribution is -2.56. The minimum atomic E-state index is 0.617. The van der Waals surface area contributed by atoms with E-state index in [0.717, 1.165) is 74.7 Å². The summed E-state index contributed by atoms with van der Waals surface area (Å²) in [6.07, 6.45) is 4.80. The highest BCUT2D eigenvalue weighted by Gasteiger charge is 2.30. The lowest BCUT2D eigenvalue weighted by atomic mass is 10.1. The molecule has 2 aliphatic heterocycles. The van der Waals surface area contributed by atoms with Crippen molar-refractivity contribution in [1.29, 1.82) is 10.5 Å². The molecule has 0 aromatic carbocycles. The van der Waals surface area contributed by atoms with Crippen LogP contribution in [-0.2, 0) is 9.47 Å². The second-order valence-electron chi connectivity index (χ2n) is 7.30. The lowest BCUT2D eigenvalue weighted by molar-refractivity contribution is -0.929. The Balaban J connectivity index is 1.65. The van der Waals surface area contributed by atoms with E-state index in [0.29, 0.717) is 13.1 Å². The fourth-order valence-electron chi connectivity index (χ4n) is 3.93. The molecule has 24 heavy (non-hydrogen) atoms. The minimum Gasteiger partial charge on any atom is -0.370 e. The van der Waals surface area contributed by atoms with Gasteiger partial charge in [-0.3, -0.25) is 0 Å². The van der Waals surface area contributed by atoms with Crippen molar-refractivity contribution in [3.05, 3.63) is 0 Å². The number of ether oxygens (including phenoxy) is 2. The number of nitrogens with zero attached hydrogens (tertiary/aromatic N) is 4. The van der Waals surface area contributed by atoms with Crippen molar-refractivity contribution in [1.82, 2.24) is 0 Å². The number of hydrogen-bond acceptors (Lipinski definition) is 4. The van der Waals surface area contributed by atoms with Crippen LogP contribution in [0.5, 0.6) is 0 Å². The van der Waals surface area contributed by atoms with Crippen LogP contribution in [0.1, 0.15) is 25.7 Å². The zero-order valence-electron chi connectivity index (χ0n) is 14.9. The molecule has 0 aromatic rings. The van der Waals surface area contributed by atoms with Crippen LogP contribution in [0.25, 0.3) is 0 Å². The van der Waals surface area contributed by atoms with Gasteiger partial charge in [0.25, 0.3) is 0 Å². The second-order valence-corrected chi connectivity index (χ2v) is 7.30. The largest absolute Gasteiger partial charge is 0.370 e. The Labute approximate surface area is 146 Å². The quantitative estimate of drug-likeness (QED) is 0.361. The van der Waals surface area contributed by atoms with E-state index in [9.17, 15) is 0 Å². The smallest absolute Gasteiger partial charge is 0.166 e. The van der Waals surface area contributed by atoms with E-state index in [-0.39, 0.29) is 0 Å². The molecule has 134 valence electrons. The van der Waals surface area contributed by atoms with Gasteiger partial charge in [0.2, 0.25) is 0 Å². The molecule has 0 saturated carbocycles. The standard InChI is InChI=1S/C18H32N4O2/c19-5-9-21(11-15-23-16-12-21)7-3-1-2-4-8-22(10-6-20)13-17-24-18-14-22/h1-4,7-18H2/q+2. The fraction of sp³-hybridized carbons (Fsp3) is 0.889. The summed E-state index contributed by atoms with van der Waals surface area (Å²) in [6, 6.07) is 4.73. The first-order valence-corrected chi connectivity index (χ1v) is 9.34. The number of hydrogen-bond donors (Lipinski definition) is 0. The van der Waals surface area contributed by atoms with Gasteiger partial charge < -0.3 is 18.4 Å². The first kappa shape index (κ1) is 19.1. The molecule has 0 bridgehead atoms. The van der Waals surface area contributed by atoms with Gasteiger partial charge in [0.05, 0.1) is 39.5 Å². The van der Waals surface area contributed by atoms with Crippen LogP contribution in [0, 0.1) is 22.7 Å². The molecule has 0 radical (unpaired) electrons. The highest BCUT2D eigenvalue weighted by molar-refractivity contribution is 4.71. The van der Waals surface area contributed by atoms with Gasteiger partial charge in [0.15, 0.2) is 13.1 Å². The zero-order chi connectivity index (χ0) is 17.1. The number of rotatable bonds is 9. The molecule has 6 nitrogen and oxygen atoms in total. The normalized spacial score (nSPS) is 22.4. The lowest BCUT2D eigenvalue weighted by Gasteiger charge is -2.40. The van der Waals surface area contributed by atoms with Gasteiger partial charge >= 0.3 is 0 Å². The molecule has 0 unspecified atom stereocenters. The number of morpholine rings is 2. The van der Waals surface area contributed by atoms with Gasteiger partial charge in [-0.15, -0.1) is 0 Å². The Morgan fingerprint density at radius 2 is 1.00 bits per heavy atom. The van der Waals surface area contributed by atoms with E-state index in [1.54, 1.807) is 0 Å². The van der Waals surface area contributed by atoms with Crippen LogP contribution in [0.2, 0.25) is 0 Å². The molecule has 0 spiro atoms. The molecule has 0 amide bonds. The Morgan fingerprint density at radius 1 is 0.625 bits per heavy atom. The van der Waals surface area contributed by atoms with Crippen molar-refractivity contribution in [3.8, 4) is 12.1 Å². The summed E-state index contributed by atoms with van der Waals surface area (Å²) in [5.74, 6) is 0. The molecule has 0 aliphatic carbocycles. The van der Waals surface area contributed by atoms with Crippen LogP contribution in [-0.4, -0.2) is 87.8 Å². The maximum Gasteiger partial charge on any atom is 0.166 e. The van der Waals surface area contributed by atoms with Crippen molar-refractivity contribution in [3.63, 3.8) is 0 Å². The maximum atomic E-state index is 9.10. The second kappa shape index (κ2) is 9.96. The predicted octanol–water partition coefficient (Wildman–Crippen LogP) is 1.29. The first-order chi connectivity index (χ1) is 11.7.